The Bertz CT molecular complexity index is 577. The summed E-state index contributed by atoms with van der Waals surface area (Å²) in [5.74, 6) is 1.77. The zero-order valence-corrected chi connectivity index (χ0v) is 14.5. The van der Waals surface area contributed by atoms with Crippen molar-refractivity contribution in [1.29, 1.82) is 0 Å². The van der Waals surface area contributed by atoms with E-state index in [9.17, 15) is 0 Å². The van der Waals surface area contributed by atoms with Gasteiger partial charge in [0.25, 0.3) is 0 Å². The third kappa shape index (κ3) is 6.68. The molecule has 0 N–H and O–H groups in total. The minimum Gasteiger partial charge on any atom is -0.457 e. The smallest absolute Gasteiger partial charge is 0.195 e. The van der Waals surface area contributed by atoms with Crippen LogP contribution in [0.2, 0.25) is 0 Å². The summed E-state index contributed by atoms with van der Waals surface area (Å²) in [6.45, 7) is 9.95. The molecule has 0 bridgehead atoms. The van der Waals surface area contributed by atoms with E-state index in [2.05, 4.69) is 31.7 Å². The van der Waals surface area contributed by atoms with Gasteiger partial charge in [0.2, 0.25) is 0 Å². The normalized spacial score (nSPS) is 13.5. The molecule has 0 saturated heterocycles. The van der Waals surface area contributed by atoms with Gasteiger partial charge in [-0.3, -0.25) is 0 Å². The van der Waals surface area contributed by atoms with Crippen molar-refractivity contribution in [3.8, 4) is 5.75 Å². The van der Waals surface area contributed by atoms with E-state index in [1.165, 1.54) is 4.91 Å². The fraction of sp³-hybridized carbons (Fsp3) is 0.200. The maximum absolute atomic E-state index is 5.96. The SMILES string of the molecule is C=C/C=C(\C=C/CC)[SH+]C(/C=C\C)=C(/C)Oc1ccccc1. The number of hydrogen-bond donors (Lipinski definition) is 0. The molecule has 0 unspecified atom stereocenters. The highest BCUT2D eigenvalue weighted by Crippen LogP contribution is 2.20. The molecule has 22 heavy (non-hydrogen) atoms. The summed E-state index contributed by atoms with van der Waals surface area (Å²) in [5, 5.41) is 0. The van der Waals surface area contributed by atoms with Crippen LogP contribution in [0.15, 0.2) is 88.9 Å². The zero-order valence-electron chi connectivity index (χ0n) is 13.6. The number of allylic oxidation sites excluding steroid dienone is 7. The van der Waals surface area contributed by atoms with Crippen molar-refractivity contribution >= 4 is 11.8 Å². The molecule has 1 aromatic rings. The first-order valence-electron chi connectivity index (χ1n) is 7.48. The van der Waals surface area contributed by atoms with E-state index in [0.717, 1.165) is 34.6 Å². The molecule has 0 aromatic heterocycles. The second kappa shape index (κ2) is 10.7. The molecule has 0 heterocycles. The number of ether oxygens (including phenoxy) is 1. The Morgan fingerprint density at radius 1 is 1.23 bits per heavy atom. The molecular weight excluding hydrogens is 288 g/mol. The maximum Gasteiger partial charge on any atom is 0.195 e. The van der Waals surface area contributed by atoms with Crippen molar-refractivity contribution < 1.29 is 4.74 Å². The van der Waals surface area contributed by atoms with Gasteiger partial charge in [0.15, 0.2) is 15.6 Å². The average Bonchev–Trinajstić information content (AvgIpc) is 2.53. The van der Waals surface area contributed by atoms with Crippen LogP contribution < -0.4 is 4.74 Å². The third-order valence-electron chi connectivity index (χ3n) is 2.76. The quantitative estimate of drug-likeness (QED) is 0.258. The Balaban J connectivity index is 2.99. The van der Waals surface area contributed by atoms with Crippen LogP contribution >= 0.6 is 0 Å². The predicted molar refractivity (Wildman–Crippen MR) is 101 cm³/mol. The van der Waals surface area contributed by atoms with E-state index in [-0.39, 0.29) is 0 Å². The van der Waals surface area contributed by atoms with Crippen LogP contribution in [0.3, 0.4) is 0 Å². The van der Waals surface area contributed by atoms with Crippen molar-refractivity contribution in [3.63, 3.8) is 0 Å². The molecule has 0 saturated carbocycles. The van der Waals surface area contributed by atoms with Gasteiger partial charge in [-0.25, -0.2) is 0 Å². The van der Waals surface area contributed by atoms with Gasteiger partial charge < -0.3 is 4.74 Å². The van der Waals surface area contributed by atoms with Gasteiger partial charge in [-0.2, -0.15) is 0 Å². The Labute approximate surface area is 138 Å². The van der Waals surface area contributed by atoms with Gasteiger partial charge in [-0.05, 0) is 50.6 Å². The van der Waals surface area contributed by atoms with Crippen LogP contribution in [0, 0.1) is 0 Å². The molecule has 1 rings (SSSR count). The lowest BCUT2D eigenvalue weighted by molar-refractivity contribution is 0.426. The van der Waals surface area contributed by atoms with Gasteiger partial charge in [0.1, 0.15) is 5.75 Å². The number of para-hydroxylation sites is 1. The maximum atomic E-state index is 5.96. The highest BCUT2D eigenvalue weighted by molar-refractivity contribution is 7.87. The first kappa shape index (κ1) is 18.1. The largest absolute Gasteiger partial charge is 0.457 e. The van der Waals surface area contributed by atoms with E-state index in [0.29, 0.717) is 0 Å². The fourth-order valence-electron chi connectivity index (χ4n) is 1.74. The highest BCUT2D eigenvalue weighted by Gasteiger charge is 2.13. The summed E-state index contributed by atoms with van der Waals surface area (Å²) in [5.41, 5.74) is 0. The minimum absolute atomic E-state index is 0.857. The van der Waals surface area contributed by atoms with Gasteiger partial charge in [-0.1, -0.05) is 49.9 Å². The molecule has 0 spiro atoms. The summed E-state index contributed by atoms with van der Waals surface area (Å²) < 4.78 is 5.96. The topological polar surface area (TPSA) is 9.23 Å². The molecule has 1 aromatic carbocycles. The van der Waals surface area contributed by atoms with Crippen LogP contribution in [0.4, 0.5) is 0 Å². The van der Waals surface area contributed by atoms with E-state index in [1.807, 2.05) is 62.4 Å². The molecule has 0 aliphatic heterocycles. The second-order valence-corrected chi connectivity index (χ2v) is 5.83. The molecule has 0 amide bonds. The summed E-state index contributed by atoms with van der Waals surface area (Å²) in [6.07, 6.45) is 13.3. The van der Waals surface area contributed by atoms with Crippen LogP contribution in [0.25, 0.3) is 0 Å². The van der Waals surface area contributed by atoms with Crippen LogP contribution in [-0.4, -0.2) is 0 Å². The molecule has 0 aliphatic rings. The number of hydrogen-bond acceptors (Lipinski definition) is 1. The lowest BCUT2D eigenvalue weighted by Crippen LogP contribution is -1.98. The van der Waals surface area contributed by atoms with Gasteiger partial charge in [-0.15, -0.1) is 0 Å². The average molecular weight is 313 g/mol. The van der Waals surface area contributed by atoms with Crippen molar-refractivity contribution in [2.75, 3.05) is 0 Å². The Kier molecular flexibility index (Phi) is 8.85. The third-order valence-corrected chi connectivity index (χ3v) is 4.02. The number of thiol groups is 1. The summed E-state index contributed by atoms with van der Waals surface area (Å²) in [4.78, 5) is 2.33. The lowest BCUT2D eigenvalue weighted by atomic mass is 10.3. The molecular formula is C20H25OS+. The van der Waals surface area contributed by atoms with Crippen molar-refractivity contribution in [1.82, 2.24) is 0 Å². The Morgan fingerprint density at radius 2 is 1.95 bits per heavy atom. The zero-order chi connectivity index (χ0) is 16.2. The van der Waals surface area contributed by atoms with Crippen LogP contribution in [0.1, 0.15) is 27.2 Å². The second-order valence-electron chi connectivity index (χ2n) is 4.61. The fourth-order valence-corrected chi connectivity index (χ4v) is 2.80. The van der Waals surface area contributed by atoms with Crippen molar-refractivity contribution in [3.05, 3.63) is 88.9 Å². The predicted octanol–water partition coefficient (Wildman–Crippen LogP) is 5.72. The molecule has 0 fully saturated rings. The molecule has 0 radical (unpaired) electrons. The monoisotopic (exact) mass is 313 g/mol. The summed E-state index contributed by atoms with van der Waals surface area (Å²) in [6, 6.07) is 9.86. The van der Waals surface area contributed by atoms with Gasteiger partial charge in [0, 0.05) is 0 Å². The minimum atomic E-state index is 0.857. The molecule has 0 atom stereocenters. The lowest BCUT2D eigenvalue weighted by Gasteiger charge is -2.06. The Morgan fingerprint density at radius 3 is 2.55 bits per heavy atom. The van der Waals surface area contributed by atoms with E-state index in [1.54, 1.807) is 0 Å². The first-order valence-corrected chi connectivity index (χ1v) is 8.38. The van der Waals surface area contributed by atoms with E-state index < -0.39 is 0 Å². The summed E-state index contributed by atoms with van der Waals surface area (Å²) in [7, 11) is 0. The Hall–Kier alpha value is -1.93. The van der Waals surface area contributed by atoms with Crippen LogP contribution in [0.5, 0.6) is 5.75 Å². The van der Waals surface area contributed by atoms with Crippen LogP contribution in [-0.2, 0) is 11.8 Å². The number of rotatable bonds is 8. The molecule has 1 nitrogen and oxygen atoms in total. The van der Waals surface area contributed by atoms with E-state index >= 15 is 0 Å². The van der Waals surface area contributed by atoms with Gasteiger partial charge in [0.05, 0.1) is 11.8 Å². The van der Waals surface area contributed by atoms with Crippen molar-refractivity contribution in [2.45, 2.75) is 27.2 Å². The molecule has 116 valence electrons. The summed E-state index contributed by atoms with van der Waals surface area (Å²) >= 11 is 1.11. The van der Waals surface area contributed by atoms with Crippen molar-refractivity contribution in [2.24, 2.45) is 0 Å². The van der Waals surface area contributed by atoms with E-state index in [4.69, 9.17) is 4.74 Å². The highest BCUT2D eigenvalue weighted by atomic mass is 32.2. The number of benzene rings is 1. The molecule has 2 heteroatoms. The molecule has 0 aliphatic carbocycles. The first-order chi connectivity index (χ1) is 10.7. The standard InChI is InChI=1S/C20H24OS/c1-5-8-16-19(12-6-2)22-20(13-7-3)17(4)21-18-14-10-9-11-15-18/h6-16H,2,5H2,1,3-4H3/p+1/b13-7-,16-8-,19-12+,20-17-. The van der Waals surface area contributed by atoms with Gasteiger partial charge >= 0.3 is 0 Å².